The van der Waals surface area contributed by atoms with Crippen molar-refractivity contribution in [3.8, 4) is 0 Å². The Labute approximate surface area is 233 Å². The number of carbonyl (C=O) groups excluding carboxylic acids is 4. The summed E-state index contributed by atoms with van der Waals surface area (Å²) in [6.45, 7) is 4.33. The lowest BCUT2D eigenvalue weighted by Gasteiger charge is -2.20. The van der Waals surface area contributed by atoms with Gasteiger partial charge in [-0.1, -0.05) is 96.1 Å². The summed E-state index contributed by atoms with van der Waals surface area (Å²) in [5, 5.41) is 11.5. The molecule has 0 radical (unpaired) electrons. The van der Waals surface area contributed by atoms with Crippen LogP contribution >= 0.6 is 21.6 Å². The Balaban J connectivity index is 1.72. The van der Waals surface area contributed by atoms with Crippen molar-refractivity contribution in [2.45, 2.75) is 51.6 Å². The molecule has 2 aromatic carbocycles. The summed E-state index contributed by atoms with van der Waals surface area (Å²) in [7, 11) is 2.93. The molecule has 206 valence electrons. The number of amides is 4. The van der Waals surface area contributed by atoms with Crippen LogP contribution in [0.4, 0.5) is 0 Å². The molecule has 0 heterocycles. The van der Waals surface area contributed by atoms with Crippen LogP contribution in [0.3, 0.4) is 0 Å². The number of carbonyl (C=O) groups is 4. The van der Waals surface area contributed by atoms with Crippen LogP contribution in [0, 0.1) is 0 Å². The SMILES string of the molecule is CCC(=O)NC(CSSCCC(=O)NCC(NC(=O)CC)c1ccccc1)C(=O)NCCc1ccccc1. The molecule has 0 aliphatic rings. The van der Waals surface area contributed by atoms with Crippen LogP contribution in [-0.4, -0.2) is 54.3 Å². The van der Waals surface area contributed by atoms with Crippen LogP contribution in [-0.2, 0) is 25.6 Å². The lowest BCUT2D eigenvalue weighted by molar-refractivity contribution is -0.128. The Morgan fingerprint density at radius 2 is 1.39 bits per heavy atom. The molecule has 0 aromatic heterocycles. The minimum absolute atomic E-state index is 0.0751. The third-order valence-electron chi connectivity index (χ3n) is 5.62. The maximum atomic E-state index is 12.7. The fraction of sp³-hybridized carbons (Fsp3) is 0.429. The molecule has 2 rings (SSSR count). The van der Waals surface area contributed by atoms with E-state index in [0.29, 0.717) is 50.3 Å². The summed E-state index contributed by atoms with van der Waals surface area (Å²) in [5.74, 6) is 0.371. The molecule has 0 aliphatic heterocycles. The van der Waals surface area contributed by atoms with E-state index in [1.54, 1.807) is 13.8 Å². The Kier molecular flexibility index (Phi) is 15.0. The molecule has 0 fully saturated rings. The van der Waals surface area contributed by atoms with Gasteiger partial charge in [-0.3, -0.25) is 19.2 Å². The summed E-state index contributed by atoms with van der Waals surface area (Å²) in [6, 6.07) is 18.5. The van der Waals surface area contributed by atoms with E-state index in [1.807, 2.05) is 60.7 Å². The maximum Gasteiger partial charge on any atom is 0.243 e. The highest BCUT2D eigenvalue weighted by atomic mass is 33.1. The number of benzene rings is 2. The largest absolute Gasteiger partial charge is 0.354 e. The average Bonchev–Trinajstić information content (AvgIpc) is 2.95. The van der Waals surface area contributed by atoms with Crippen molar-refractivity contribution in [2.75, 3.05) is 24.6 Å². The van der Waals surface area contributed by atoms with Gasteiger partial charge in [0.25, 0.3) is 0 Å². The molecule has 0 saturated heterocycles. The van der Waals surface area contributed by atoms with Gasteiger partial charge in [0.2, 0.25) is 23.6 Å². The maximum absolute atomic E-state index is 12.7. The zero-order valence-electron chi connectivity index (χ0n) is 22.0. The molecule has 0 aliphatic carbocycles. The molecule has 0 saturated carbocycles. The number of rotatable bonds is 17. The molecule has 8 nitrogen and oxygen atoms in total. The Morgan fingerprint density at radius 3 is 2.05 bits per heavy atom. The third kappa shape index (κ3) is 12.5. The van der Waals surface area contributed by atoms with E-state index in [2.05, 4.69) is 21.3 Å². The molecular formula is C28H38N4O4S2. The van der Waals surface area contributed by atoms with Gasteiger partial charge < -0.3 is 21.3 Å². The zero-order chi connectivity index (χ0) is 27.6. The summed E-state index contributed by atoms with van der Waals surface area (Å²) in [6.07, 6.45) is 1.69. The molecule has 2 aromatic rings. The van der Waals surface area contributed by atoms with Crippen LogP contribution < -0.4 is 21.3 Å². The molecule has 10 heteroatoms. The molecule has 4 N–H and O–H groups in total. The van der Waals surface area contributed by atoms with Crippen LogP contribution in [0.1, 0.15) is 50.3 Å². The van der Waals surface area contributed by atoms with Crippen molar-refractivity contribution in [3.63, 3.8) is 0 Å². The highest BCUT2D eigenvalue weighted by molar-refractivity contribution is 8.76. The van der Waals surface area contributed by atoms with Crippen molar-refractivity contribution in [1.82, 2.24) is 21.3 Å². The molecule has 2 unspecified atom stereocenters. The normalized spacial score (nSPS) is 12.2. The van der Waals surface area contributed by atoms with Crippen molar-refractivity contribution in [2.24, 2.45) is 0 Å². The number of hydrogen-bond donors (Lipinski definition) is 4. The smallest absolute Gasteiger partial charge is 0.243 e. The van der Waals surface area contributed by atoms with Gasteiger partial charge in [-0.2, -0.15) is 0 Å². The molecule has 2 atom stereocenters. The highest BCUT2D eigenvalue weighted by Crippen LogP contribution is 2.23. The van der Waals surface area contributed by atoms with Gasteiger partial charge >= 0.3 is 0 Å². The first-order valence-electron chi connectivity index (χ1n) is 12.9. The zero-order valence-corrected chi connectivity index (χ0v) is 23.7. The summed E-state index contributed by atoms with van der Waals surface area (Å²) >= 11 is 0. The Morgan fingerprint density at radius 1 is 0.763 bits per heavy atom. The molecule has 4 amide bonds. The first kappa shape index (κ1) is 31.2. The molecular weight excluding hydrogens is 520 g/mol. The predicted molar refractivity (Wildman–Crippen MR) is 156 cm³/mol. The summed E-state index contributed by atoms with van der Waals surface area (Å²) in [5.41, 5.74) is 2.06. The van der Waals surface area contributed by atoms with Gasteiger partial charge in [-0.25, -0.2) is 0 Å². The van der Waals surface area contributed by atoms with Crippen molar-refractivity contribution in [3.05, 3.63) is 71.8 Å². The molecule has 0 spiro atoms. The van der Waals surface area contributed by atoms with Gasteiger partial charge in [0, 0.05) is 43.9 Å². The fourth-order valence-electron chi connectivity index (χ4n) is 3.42. The number of nitrogens with one attached hydrogen (secondary N) is 4. The van der Waals surface area contributed by atoms with Crippen molar-refractivity contribution < 1.29 is 19.2 Å². The minimum Gasteiger partial charge on any atom is -0.354 e. The van der Waals surface area contributed by atoms with E-state index < -0.39 is 6.04 Å². The first-order chi connectivity index (χ1) is 18.4. The van der Waals surface area contributed by atoms with E-state index >= 15 is 0 Å². The average molecular weight is 559 g/mol. The lowest BCUT2D eigenvalue weighted by atomic mass is 10.1. The molecule has 38 heavy (non-hydrogen) atoms. The van der Waals surface area contributed by atoms with Crippen LogP contribution in [0.5, 0.6) is 0 Å². The third-order valence-corrected chi connectivity index (χ3v) is 8.04. The van der Waals surface area contributed by atoms with Gasteiger partial charge in [0.15, 0.2) is 0 Å². The lowest BCUT2D eigenvalue weighted by Crippen LogP contribution is -2.48. The van der Waals surface area contributed by atoms with Crippen molar-refractivity contribution >= 4 is 45.2 Å². The van der Waals surface area contributed by atoms with E-state index in [-0.39, 0.29) is 29.7 Å². The first-order valence-corrected chi connectivity index (χ1v) is 15.4. The van der Waals surface area contributed by atoms with E-state index in [4.69, 9.17) is 0 Å². The second-order valence-corrected chi connectivity index (χ2v) is 11.2. The standard InChI is InChI=1S/C28H38N4O4S2/c1-3-25(33)31-23(22-13-9-6-10-14-22)19-30-27(35)16-18-37-38-20-24(32-26(34)4-2)28(36)29-17-15-21-11-7-5-8-12-21/h5-14,23-24H,3-4,15-20H2,1-2H3,(H,29,36)(H,30,35)(H,31,33)(H,32,34). The van der Waals surface area contributed by atoms with Gasteiger partial charge in [0.05, 0.1) is 6.04 Å². The predicted octanol–water partition coefficient (Wildman–Crippen LogP) is 3.40. The minimum atomic E-state index is -0.640. The topological polar surface area (TPSA) is 116 Å². The monoisotopic (exact) mass is 558 g/mol. The van der Waals surface area contributed by atoms with E-state index in [1.165, 1.54) is 21.6 Å². The van der Waals surface area contributed by atoms with E-state index in [9.17, 15) is 19.2 Å². The van der Waals surface area contributed by atoms with Gasteiger partial charge in [0.1, 0.15) is 6.04 Å². The Bertz CT molecular complexity index is 1010. The summed E-state index contributed by atoms with van der Waals surface area (Å²) in [4.78, 5) is 48.9. The Hall–Kier alpha value is -2.98. The van der Waals surface area contributed by atoms with Crippen LogP contribution in [0.15, 0.2) is 60.7 Å². The quantitative estimate of drug-likeness (QED) is 0.175. The highest BCUT2D eigenvalue weighted by Gasteiger charge is 2.20. The van der Waals surface area contributed by atoms with Gasteiger partial charge in [-0.05, 0) is 17.5 Å². The van der Waals surface area contributed by atoms with E-state index in [0.717, 1.165) is 11.1 Å². The summed E-state index contributed by atoms with van der Waals surface area (Å²) < 4.78 is 0. The molecule has 0 bridgehead atoms. The fourth-order valence-corrected chi connectivity index (χ4v) is 5.58. The van der Waals surface area contributed by atoms with Gasteiger partial charge in [-0.15, -0.1) is 0 Å². The van der Waals surface area contributed by atoms with Crippen LogP contribution in [0.2, 0.25) is 0 Å². The second kappa shape index (κ2) is 18.3. The van der Waals surface area contributed by atoms with Crippen LogP contribution in [0.25, 0.3) is 0 Å². The van der Waals surface area contributed by atoms with Crippen molar-refractivity contribution in [1.29, 1.82) is 0 Å². The second-order valence-electron chi connectivity index (χ2n) is 8.55. The number of hydrogen-bond acceptors (Lipinski definition) is 6.